The molecule has 5 heteroatoms. The summed E-state index contributed by atoms with van der Waals surface area (Å²) in [6.07, 6.45) is 4.36. The fraction of sp³-hybridized carbons (Fsp3) is 0.412. The van der Waals surface area contributed by atoms with Gasteiger partial charge in [-0.2, -0.15) is 5.10 Å². The van der Waals surface area contributed by atoms with Gasteiger partial charge < -0.3 is 5.32 Å². The van der Waals surface area contributed by atoms with Gasteiger partial charge in [0.1, 0.15) is 0 Å². The zero-order valence-corrected chi connectivity index (χ0v) is 12.9. The average molecular weight is 298 g/mol. The Balaban J connectivity index is 1.75. The van der Waals surface area contributed by atoms with Crippen LogP contribution in [0, 0.1) is 0 Å². The summed E-state index contributed by atoms with van der Waals surface area (Å²) in [6.45, 7) is 5.35. The van der Waals surface area contributed by atoms with Crippen molar-refractivity contribution in [3.8, 4) is 0 Å². The van der Waals surface area contributed by atoms with E-state index in [4.69, 9.17) is 0 Å². The lowest BCUT2D eigenvalue weighted by molar-refractivity contribution is -0.120. The summed E-state index contributed by atoms with van der Waals surface area (Å²) in [6, 6.07) is 10.8. The molecule has 0 saturated carbocycles. The van der Waals surface area contributed by atoms with E-state index in [-0.39, 0.29) is 5.91 Å². The van der Waals surface area contributed by atoms with Gasteiger partial charge in [-0.1, -0.05) is 24.3 Å². The molecule has 1 N–H and O–H groups in total. The molecule has 0 bridgehead atoms. The Bertz CT molecular complexity index is 623. The van der Waals surface area contributed by atoms with Crippen LogP contribution in [0.1, 0.15) is 24.5 Å². The molecule has 1 atom stereocenters. The monoisotopic (exact) mass is 298 g/mol. The van der Waals surface area contributed by atoms with Crippen molar-refractivity contribution in [3.05, 3.63) is 53.9 Å². The molecule has 3 rings (SSSR count). The molecule has 0 spiro atoms. The van der Waals surface area contributed by atoms with E-state index in [1.165, 1.54) is 11.1 Å². The van der Waals surface area contributed by atoms with Crippen molar-refractivity contribution in [2.45, 2.75) is 32.5 Å². The van der Waals surface area contributed by atoms with Gasteiger partial charge in [0.2, 0.25) is 5.91 Å². The Morgan fingerprint density at radius 3 is 2.73 bits per heavy atom. The largest absolute Gasteiger partial charge is 0.355 e. The van der Waals surface area contributed by atoms with Crippen molar-refractivity contribution in [1.82, 2.24) is 20.0 Å². The molecule has 1 fully saturated rings. The molecule has 1 amide bonds. The third-order valence-electron chi connectivity index (χ3n) is 4.23. The summed E-state index contributed by atoms with van der Waals surface area (Å²) in [5.41, 5.74) is 2.58. The Hall–Kier alpha value is -2.14. The highest BCUT2D eigenvalue weighted by molar-refractivity contribution is 5.76. The number of carbonyl (C=O) groups excluding carboxylic acids is 1. The molecule has 1 aliphatic rings. The van der Waals surface area contributed by atoms with Crippen molar-refractivity contribution < 1.29 is 4.79 Å². The normalized spacial score (nSPS) is 19.7. The first-order chi connectivity index (χ1) is 10.7. The molecule has 22 heavy (non-hydrogen) atoms. The van der Waals surface area contributed by atoms with Crippen LogP contribution in [0.4, 0.5) is 0 Å². The summed E-state index contributed by atoms with van der Waals surface area (Å²) in [4.78, 5) is 13.9. The van der Waals surface area contributed by atoms with Crippen molar-refractivity contribution in [2.24, 2.45) is 0 Å². The maximum Gasteiger partial charge on any atom is 0.221 e. The van der Waals surface area contributed by atoms with Gasteiger partial charge in [0.15, 0.2) is 0 Å². The van der Waals surface area contributed by atoms with E-state index in [2.05, 4.69) is 46.5 Å². The highest BCUT2D eigenvalue weighted by Crippen LogP contribution is 2.16. The summed E-state index contributed by atoms with van der Waals surface area (Å²) < 4.78 is 1.94. The summed E-state index contributed by atoms with van der Waals surface area (Å²) in [5.74, 6) is 0.152. The number of aromatic nitrogens is 2. The highest BCUT2D eigenvalue weighted by atomic mass is 16.1. The molecule has 0 aliphatic carbocycles. The molecule has 1 saturated heterocycles. The topological polar surface area (TPSA) is 50.2 Å². The van der Waals surface area contributed by atoms with Crippen molar-refractivity contribution >= 4 is 5.91 Å². The SMILES string of the molecule is C[C@H]1CNC(=O)CCN1Cc1ccccc1Cn1cccn1. The van der Waals surface area contributed by atoms with Gasteiger partial charge in [-0.3, -0.25) is 14.4 Å². The second-order valence-electron chi connectivity index (χ2n) is 5.85. The minimum atomic E-state index is 0.152. The minimum absolute atomic E-state index is 0.152. The maximum absolute atomic E-state index is 11.6. The Labute approximate surface area is 130 Å². The van der Waals surface area contributed by atoms with Crippen LogP contribution in [0.5, 0.6) is 0 Å². The van der Waals surface area contributed by atoms with Crippen LogP contribution < -0.4 is 5.32 Å². The third-order valence-corrected chi connectivity index (χ3v) is 4.23. The zero-order valence-electron chi connectivity index (χ0n) is 12.9. The van der Waals surface area contributed by atoms with Crippen molar-refractivity contribution in [1.29, 1.82) is 0 Å². The number of benzene rings is 1. The quantitative estimate of drug-likeness (QED) is 0.933. The van der Waals surface area contributed by atoms with Crippen LogP contribution in [0.15, 0.2) is 42.7 Å². The fourth-order valence-corrected chi connectivity index (χ4v) is 2.83. The van der Waals surface area contributed by atoms with Crippen LogP contribution >= 0.6 is 0 Å². The second-order valence-corrected chi connectivity index (χ2v) is 5.85. The molecular formula is C17H22N4O. The smallest absolute Gasteiger partial charge is 0.221 e. The summed E-state index contributed by atoms with van der Waals surface area (Å²) >= 11 is 0. The Morgan fingerprint density at radius 1 is 1.23 bits per heavy atom. The predicted octanol–water partition coefficient (Wildman–Crippen LogP) is 1.64. The van der Waals surface area contributed by atoms with Crippen LogP contribution in [-0.4, -0.2) is 39.7 Å². The molecule has 1 aromatic heterocycles. The Kier molecular flexibility index (Phi) is 4.53. The lowest BCUT2D eigenvalue weighted by atomic mass is 10.1. The van der Waals surface area contributed by atoms with Crippen LogP contribution in [0.2, 0.25) is 0 Å². The molecule has 1 aromatic carbocycles. The molecule has 0 unspecified atom stereocenters. The van der Waals surface area contributed by atoms with E-state index >= 15 is 0 Å². The first-order valence-corrected chi connectivity index (χ1v) is 7.77. The van der Waals surface area contributed by atoms with E-state index in [0.717, 1.165) is 26.2 Å². The summed E-state index contributed by atoms with van der Waals surface area (Å²) in [7, 11) is 0. The zero-order chi connectivity index (χ0) is 15.4. The molecule has 5 nitrogen and oxygen atoms in total. The molecule has 116 valence electrons. The van der Waals surface area contributed by atoms with E-state index in [9.17, 15) is 4.79 Å². The predicted molar refractivity (Wildman–Crippen MR) is 85.3 cm³/mol. The number of amides is 1. The van der Waals surface area contributed by atoms with E-state index < -0.39 is 0 Å². The third kappa shape index (κ3) is 3.54. The first-order valence-electron chi connectivity index (χ1n) is 7.77. The van der Waals surface area contributed by atoms with Crippen LogP contribution in [-0.2, 0) is 17.9 Å². The van der Waals surface area contributed by atoms with Gasteiger partial charge in [-0.25, -0.2) is 0 Å². The van der Waals surface area contributed by atoms with Gasteiger partial charge in [0.25, 0.3) is 0 Å². The van der Waals surface area contributed by atoms with Crippen LogP contribution in [0.25, 0.3) is 0 Å². The van der Waals surface area contributed by atoms with E-state index in [1.54, 1.807) is 6.20 Å². The average Bonchev–Trinajstić information content (AvgIpc) is 2.98. The van der Waals surface area contributed by atoms with Gasteiger partial charge in [0.05, 0.1) is 6.54 Å². The number of hydrogen-bond acceptors (Lipinski definition) is 3. The van der Waals surface area contributed by atoms with E-state index in [0.29, 0.717) is 12.5 Å². The standard InChI is InChI=1S/C17H22N4O/c1-14-11-18-17(22)7-10-20(14)12-15-5-2-3-6-16(15)13-21-9-4-8-19-21/h2-6,8-9,14H,7,10-13H2,1H3,(H,18,22)/t14-/m0/s1. The lowest BCUT2D eigenvalue weighted by Crippen LogP contribution is -2.37. The number of carbonyl (C=O) groups is 1. The molecule has 2 heterocycles. The summed E-state index contributed by atoms with van der Waals surface area (Å²) in [5, 5.41) is 7.25. The molecule has 0 radical (unpaired) electrons. The van der Waals surface area contributed by atoms with Gasteiger partial charge >= 0.3 is 0 Å². The number of hydrogen-bond donors (Lipinski definition) is 1. The second kappa shape index (κ2) is 6.75. The minimum Gasteiger partial charge on any atom is -0.355 e. The van der Waals surface area contributed by atoms with Crippen LogP contribution in [0.3, 0.4) is 0 Å². The number of nitrogens with one attached hydrogen (secondary N) is 1. The number of rotatable bonds is 4. The van der Waals surface area contributed by atoms with E-state index in [1.807, 2.05) is 16.9 Å². The lowest BCUT2D eigenvalue weighted by Gasteiger charge is -2.27. The maximum atomic E-state index is 11.6. The Morgan fingerprint density at radius 2 is 2.00 bits per heavy atom. The van der Waals surface area contributed by atoms with Crippen molar-refractivity contribution in [3.63, 3.8) is 0 Å². The molecular weight excluding hydrogens is 276 g/mol. The number of nitrogens with zero attached hydrogens (tertiary/aromatic N) is 3. The molecule has 1 aliphatic heterocycles. The van der Waals surface area contributed by atoms with Crippen molar-refractivity contribution in [2.75, 3.05) is 13.1 Å². The van der Waals surface area contributed by atoms with Gasteiger partial charge in [0, 0.05) is 44.5 Å². The fourth-order valence-electron chi connectivity index (χ4n) is 2.83. The highest BCUT2D eigenvalue weighted by Gasteiger charge is 2.20. The molecule has 2 aromatic rings. The van der Waals surface area contributed by atoms with Gasteiger partial charge in [-0.05, 0) is 24.1 Å². The first kappa shape index (κ1) is 14.8. The van der Waals surface area contributed by atoms with Gasteiger partial charge in [-0.15, -0.1) is 0 Å².